The number of benzene rings is 1. The summed E-state index contributed by atoms with van der Waals surface area (Å²) in [6, 6.07) is 6.09. The molecular formula is C14H19ClN2. The van der Waals surface area contributed by atoms with Gasteiger partial charge in [0.1, 0.15) is 0 Å². The van der Waals surface area contributed by atoms with Crippen molar-refractivity contribution in [2.75, 3.05) is 17.2 Å². The fourth-order valence-corrected chi connectivity index (χ4v) is 3.33. The van der Waals surface area contributed by atoms with Crippen LogP contribution in [0.3, 0.4) is 0 Å². The van der Waals surface area contributed by atoms with E-state index < -0.39 is 0 Å². The summed E-state index contributed by atoms with van der Waals surface area (Å²) in [5.41, 5.74) is 2.69. The van der Waals surface area contributed by atoms with Crippen molar-refractivity contribution in [2.24, 2.45) is 0 Å². The zero-order valence-electron chi connectivity index (χ0n) is 10.1. The van der Waals surface area contributed by atoms with Gasteiger partial charge in [-0.15, -0.1) is 0 Å². The summed E-state index contributed by atoms with van der Waals surface area (Å²) in [4.78, 5) is 0. The molecule has 1 heterocycles. The van der Waals surface area contributed by atoms with Crippen LogP contribution in [0.5, 0.6) is 0 Å². The maximum absolute atomic E-state index is 6.04. The Morgan fingerprint density at radius 3 is 2.65 bits per heavy atom. The topological polar surface area (TPSA) is 24.1 Å². The third-order valence-electron chi connectivity index (χ3n) is 4.11. The Morgan fingerprint density at radius 2 is 1.82 bits per heavy atom. The average Bonchev–Trinajstić information content (AvgIpc) is 2.49. The quantitative estimate of drug-likeness (QED) is 0.719. The van der Waals surface area contributed by atoms with Gasteiger partial charge in [-0.25, -0.2) is 0 Å². The van der Waals surface area contributed by atoms with Crippen LogP contribution in [0.25, 0.3) is 0 Å². The number of fused-ring (bicyclic) bond motifs is 1. The van der Waals surface area contributed by atoms with Crippen LogP contribution in [0.4, 0.5) is 11.4 Å². The highest BCUT2D eigenvalue weighted by molar-refractivity contribution is 6.31. The van der Waals surface area contributed by atoms with Gasteiger partial charge in [-0.05, 0) is 37.5 Å². The predicted octanol–water partition coefficient (Wildman–Crippen LogP) is 4.27. The number of nitrogens with one attached hydrogen (secondary N) is 2. The first-order valence-corrected chi connectivity index (χ1v) is 6.97. The molecule has 0 radical (unpaired) electrons. The van der Waals surface area contributed by atoms with Gasteiger partial charge in [0.2, 0.25) is 0 Å². The minimum absolute atomic E-state index is 0.324. The second-order valence-electron chi connectivity index (χ2n) is 5.33. The molecule has 0 amide bonds. The molecule has 0 unspecified atom stereocenters. The lowest BCUT2D eigenvalue weighted by atomic mass is 9.79. The van der Waals surface area contributed by atoms with E-state index in [9.17, 15) is 0 Å². The Labute approximate surface area is 108 Å². The van der Waals surface area contributed by atoms with Crippen LogP contribution in [-0.2, 0) is 0 Å². The van der Waals surface area contributed by atoms with Gasteiger partial charge >= 0.3 is 0 Å². The van der Waals surface area contributed by atoms with Crippen molar-refractivity contribution < 1.29 is 0 Å². The van der Waals surface area contributed by atoms with E-state index in [0.29, 0.717) is 5.54 Å². The van der Waals surface area contributed by atoms with E-state index in [1.54, 1.807) is 0 Å². The zero-order valence-corrected chi connectivity index (χ0v) is 10.8. The molecule has 1 aromatic rings. The molecule has 0 saturated heterocycles. The zero-order chi connectivity index (χ0) is 11.7. The predicted molar refractivity (Wildman–Crippen MR) is 74.0 cm³/mol. The van der Waals surface area contributed by atoms with Crippen LogP contribution in [0.15, 0.2) is 18.2 Å². The molecule has 1 aromatic carbocycles. The van der Waals surface area contributed by atoms with E-state index in [1.165, 1.54) is 44.2 Å². The second-order valence-corrected chi connectivity index (χ2v) is 5.77. The highest BCUT2D eigenvalue weighted by atomic mass is 35.5. The lowest BCUT2D eigenvalue weighted by Crippen LogP contribution is -2.40. The largest absolute Gasteiger partial charge is 0.383 e. The van der Waals surface area contributed by atoms with Crippen LogP contribution in [0.2, 0.25) is 5.02 Å². The van der Waals surface area contributed by atoms with Gasteiger partial charge in [-0.2, -0.15) is 0 Å². The molecule has 1 saturated carbocycles. The summed E-state index contributed by atoms with van der Waals surface area (Å²) >= 11 is 6.04. The van der Waals surface area contributed by atoms with Crippen molar-refractivity contribution in [3.8, 4) is 0 Å². The van der Waals surface area contributed by atoms with Gasteiger partial charge in [-0.1, -0.05) is 30.9 Å². The number of anilines is 2. The number of rotatable bonds is 0. The maximum Gasteiger partial charge on any atom is 0.0591 e. The average molecular weight is 251 g/mol. The molecule has 17 heavy (non-hydrogen) atoms. The molecule has 2 N–H and O–H groups in total. The van der Waals surface area contributed by atoms with Crippen molar-refractivity contribution in [2.45, 2.75) is 44.1 Å². The summed E-state index contributed by atoms with van der Waals surface area (Å²) < 4.78 is 0. The van der Waals surface area contributed by atoms with Gasteiger partial charge in [-0.3, -0.25) is 0 Å². The SMILES string of the molecule is Clc1ccc2c(c1)NCCC1(CCCCC1)N2. The second kappa shape index (κ2) is 4.41. The molecule has 92 valence electrons. The smallest absolute Gasteiger partial charge is 0.0591 e. The van der Waals surface area contributed by atoms with Crippen LogP contribution in [0, 0.1) is 0 Å². The Kier molecular flexibility index (Phi) is 2.91. The summed E-state index contributed by atoms with van der Waals surface area (Å²) in [6.45, 7) is 1.04. The number of halogens is 1. The fraction of sp³-hybridized carbons (Fsp3) is 0.571. The van der Waals surface area contributed by atoms with Crippen molar-refractivity contribution in [3.05, 3.63) is 23.2 Å². The summed E-state index contributed by atoms with van der Waals surface area (Å²) in [6.07, 6.45) is 7.92. The monoisotopic (exact) mass is 250 g/mol. The van der Waals surface area contributed by atoms with Gasteiger partial charge in [0.05, 0.1) is 11.4 Å². The first-order chi connectivity index (χ1) is 8.27. The molecule has 1 fully saturated rings. The maximum atomic E-state index is 6.04. The Hall–Kier alpha value is -0.890. The van der Waals surface area contributed by atoms with Crippen LogP contribution >= 0.6 is 11.6 Å². The standard InChI is InChI=1S/C14H19ClN2/c15-11-4-5-12-13(10-11)16-9-8-14(17-12)6-2-1-3-7-14/h4-5,10,16-17H,1-3,6-9H2. The summed E-state index contributed by atoms with van der Waals surface area (Å²) in [5.74, 6) is 0. The highest BCUT2D eigenvalue weighted by Crippen LogP contribution is 2.39. The van der Waals surface area contributed by atoms with Crippen LogP contribution in [-0.4, -0.2) is 12.1 Å². The van der Waals surface area contributed by atoms with E-state index in [4.69, 9.17) is 11.6 Å². The molecule has 1 aliphatic carbocycles. The Morgan fingerprint density at radius 1 is 1.00 bits per heavy atom. The third kappa shape index (κ3) is 2.23. The molecule has 1 aliphatic heterocycles. The van der Waals surface area contributed by atoms with E-state index >= 15 is 0 Å². The molecule has 3 heteroatoms. The molecule has 2 aliphatic rings. The molecule has 0 bridgehead atoms. The van der Waals surface area contributed by atoms with Crippen LogP contribution < -0.4 is 10.6 Å². The fourth-order valence-electron chi connectivity index (χ4n) is 3.16. The van der Waals surface area contributed by atoms with Gasteiger partial charge in [0, 0.05) is 17.1 Å². The van der Waals surface area contributed by atoms with Gasteiger partial charge in [0.25, 0.3) is 0 Å². The third-order valence-corrected chi connectivity index (χ3v) is 4.35. The van der Waals surface area contributed by atoms with E-state index in [2.05, 4.69) is 16.7 Å². The highest BCUT2D eigenvalue weighted by Gasteiger charge is 2.33. The first-order valence-electron chi connectivity index (χ1n) is 6.59. The van der Waals surface area contributed by atoms with Crippen LogP contribution in [0.1, 0.15) is 38.5 Å². The van der Waals surface area contributed by atoms with Gasteiger partial charge < -0.3 is 10.6 Å². The van der Waals surface area contributed by atoms with Crippen molar-refractivity contribution in [3.63, 3.8) is 0 Å². The molecule has 2 nitrogen and oxygen atoms in total. The minimum Gasteiger partial charge on any atom is -0.383 e. The molecule has 1 spiro atoms. The molecular weight excluding hydrogens is 232 g/mol. The normalized spacial score (nSPS) is 22.2. The Bertz CT molecular complexity index is 411. The molecule has 3 rings (SSSR count). The lowest BCUT2D eigenvalue weighted by molar-refractivity contribution is 0.313. The van der Waals surface area contributed by atoms with Crippen molar-refractivity contribution in [1.82, 2.24) is 0 Å². The van der Waals surface area contributed by atoms with E-state index in [-0.39, 0.29) is 0 Å². The number of hydrogen-bond acceptors (Lipinski definition) is 2. The van der Waals surface area contributed by atoms with Gasteiger partial charge in [0.15, 0.2) is 0 Å². The van der Waals surface area contributed by atoms with E-state index in [1.807, 2.05) is 12.1 Å². The lowest BCUT2D eigenvalue weighted by Gasteiger charge is -2.38. The first kappa shape index (κ1) is 11.2. The summed E-state index contributed by atoms with van der Waals surface area (Å²) in [5, 5.41) is 8.07. The van der Waals surface area contributed by atoms with Crippen molar-refractivity contribution >= 4 is 23.0 Å². The summed E-state index contributed by atoms with van der Waals surface area (Å²) in [7, 11) is 0. The molecule has 0 aromatic heterocycles. The molecule has 0 atom stereocenters. The van der Waals surface area contributed by atoms with Crippen molar-refractivity contribution in [1.29, 1.82) is 0 Å². The minimum atomic E-state index is 0.324. The Balaban J connectivity index is 1.90. The number of hydrogen-bond donors (Lipinski definition) is 2. The van der Waals surface area contributed by atoms with E-state index in [0.717, 1.165) is 17.3 Å².